The summed E-state index contributed by atoms with van der Waals surface area (Å²) in [5.74, 6) is 0. The maximum Gasteiger partial charge on any atom is 0.138 e. The van der Waals surface area contributed by atoms with Crippen molar-refractivity contribution in [3.05, 3.63) is 54.6 Å². The highest BCUT2D eigenvalue weighted by Crippen LogP contribution is 2.25. The lowest BCUT2D eigenvalue weighted by atomic mass is 10.1. The molecule has 3 nitrogen and oxygen atoms in total. The fourth-order valence-electron chi connectivity index (χ4n) is 2.39. The highest BCUT2D eigenvalue weighted by molar-refractivity contribution is 5.69. The van der Waals surface area contributed by atoms with Crippen LogP contribution in [0.3, 0.4) is 0 Å². The van der Waals surface area contributed by atoms with Crippen LogP contribution < -0.4 is 10.2 Å². The van der Waals surface area contributed by atoms with Gasteiger partial charge in [0.25, 0.3) is 0 Å². The summed E-state index contributed by atoms with van der Waals surface area (Å²) in [6.45, 7) is 1.46. The zero-order valence-electron chi connectivity index (χ0n) is 10.6. The van der Waals surface area contributed by atoms with Gasteiger partial charge in [-0.1, -0.05) is 42.5 Å². The normalized spacial score (nSPS) is 18.5. The van der Waals surface area contributed by atoms with Crippen molar-refractivity contribution in [1.82, 2.24) is 5.32 Å². The molecule has 2 aromatic carbocycles. The minimum atomic E-state index is -0.0552. The fraction of sp³-hybridized carbons (Fsp3) is 0.188. The van der Waals surface area contributed by atoms with E-state index in [4.69, 9.17) is 0 Å². The minimum absolute atomic E-state index is 0.0552. The number of benzene rings is 2. The van der Waals surface area contributed by atoms with E-state index in [-0.39, 0.29) is 6.04 Å². The van der Waals surface area contributed by atoms with E-state index in [1.54, 1.807) is 0 Å². The van der Waals surface area contributed by atoms with E-state index in [1.807, 2.05) is 18.2 Å². The van der Waals surface area contributed by atoms with Gasteiger partial charge in [0.15, 0.2) is 0 Å². The minimum Gasteiger partial charge on any atom is -0.357 e. The lowest BCUT2D eigenvalue weighted by Crippen LogP contribution is -2.24. The monoisotopic (exact) mass is 252 g/mol. The quantitative estimate of drug-likeness (QED) is 0.851. The molecule has 3 heteroatoms. The molecule has 3 rings (SSSR count). The Morgan fingerprint density at radius 3 is 2.58 bits per heavy atom. The van der Waals surface area contributed by atoms with Gasteiger partial charge in [-0.2, -0.15) is 0 Å². The van der Waals surface area contributed by atoms with Crippen molar-refractivity contribution in [3.63, 3.8) is 0 Å². The highest BCUT2D eigenvalue weighted by Gasteiger charge is 2.21. The molecule has 1 saturated heterocycles. The standard InChI is InChI=1S/C16H16N2O/c19-11-15-10-18(12-17-15)16-8-4-7-14(9-16)13-5-2-1-3-6-13/h1-9,11,15,17H,10,12H2. The third-order valence-corrected chi connectivity index (χ3v) is 3.44. The van der Waals surface area contributed by atoms with Crippen molar-refractivity contribution in [2.24, 2.45) is 0 Å². The first-order valence-corrected chi connectivity index (χ1v) is 6.46. The molecule has 96 valence electrons. The number of aldehydes is 1. The van der Waals surface area contributed by atoms with Crippen LogP contribution in [0.1, 0.15) is 0 Å². The maximum atomic E-state index is 10.8. The molecule has 1 aliphatic heterocycles. The fourth-order valence-corrected chi connectivity index (χ4v) is 2.39. The number of hydrogen-bond acceptors (Lipinski definition) is 3. The van der Waals surface area contributed by atoms with Crippen LogP contribution in [0.5, 0.6) is 0 Å². The van der Waals surface area contributed by atoms with Crippen LogP contribution in [-0.4, -0.2) is 25.5 Å². The van der Waals surface area contributed by atoms with Gasteiger partial charge in [0.2, 0.25) is 0 Å². The molecule has 0 amide bonds. The number of hydrogen-bond donors (Lipinski definition) is 1. The van der Waals surface area contributed by atoms with Gasteiger partial charge in [-0.15, -0.1) is 0 Å². The molecule has 0 saturated carbocycles. The van der Waals surface area contributed by atoms with Crippen LogP contribution in [-0.2, 0) is 4.79 Å². The van der Waals surface area contributed by atoms with Crippen LogP contribution >= 0.6 is 0 Å². The average Bonchev–Trinajstić information content (AvgIpc) is 2.97. The molecular weight excluding hydrogens is 236 g/mol. The van der Waals surface area contributed by atoms with Gasteiger partial charge in [-0.3, -0.25) is 5.32 Å². The van der Waals surface area contributed by atoms with Crippen molar-refractivity contribution in [2.75, 3.05) is 18.1 Å². The molecule has 0 spiro atoms. The van der Waals surface area contributed by atoms with Gasteiger partial charge < -0.3 is 9.69 Å². The van der Waals surface area contributed by atoms with Gasteiger partial charge >= 0.3 is 0 Å². The van der Waals surface area contributed by atoms with Crippen LogP contribution in [0.25, 0.3) is 11.1 Å². The summed E-state index contributed by atoms with van der Waals surface area (Å²) in [5, 5.41) is 3.17. The molecule has 1 unspecified atom stereocenters. The summed E-state index contributed by atoms with van der Waals surface area (Å²) < 4.78 is 0. The molecule has 1 aliphatic rings. The van der Waals surface area contributed by atoms with E-state index in [2.05, 4.69) is 46.6 Å². The van der Waals surface area contributed by atoms with Crippen molar-refractivity contribution >= 4 is 12.0 Å². The van der Waals surface area contributed by atoms with Gasteiger partial charge in [-0.25, -0.2) is 0 Å². The Labute approximate surface area is 112 Å². The van der Waals surface area contributed by atoms with Gasteiger partial charge in [0, 0.05) is 12.2 Å². The number of nitrogens with zero attached hydrogens (tertiary/aromatic N) is 1. The lowest BCUT2D eigenvalue weighted by molar-refractivity contribution is -0.109. The first kappa shape index (κ1) is 11.9. The Balaban J connectivity index is 1.87. The first-order valence-electron chi connectivity index (χ1n) is 6.46. The molecule has 1 N–H and O–H groups in total. The highest BCUT2D eigenvalue weighted by atomic mass is 16.1. The number of nitrogens with one attached hydrogen (secondary N) is 1. The molecule has 19 heavy (non-hydrogen) atoms. The molecule has 0 radical (unpaired) electrons. The number of carbonyl (C=O) groups is 1. The Hall–Kier alpha value is -2.13. The number of anilines is 1. The zero-order chi connectivity index (χ0) is 13.1. The van der Waals surface area contributed by atoms with Crippen molar-refractivity contribution in [2.45, 2.75) is 6.04 Å². The van der Waals surface area contributed by atoms with E-state index >= 15 is 0 Å². The average molecular weight is 252 g/mol. The molecule has 1 fully saturated rings. The number of rotatable bonds is 3. The zero-order valence-corrected chi connectivity index (χ0v) is 10.6. The van der Waals surface area contributed by atoms with Crippen LogP contribution in [0.15, 0.2) is 54.6 Å². The second-order valence-electron chi connectivity index (χ2n) is 4.74. The van der Waals surface area contributed by atoms with E-state index < -0.39 is 0 Å². The first-order chi connectivity index (χ1) is 9.36. The van der Waals surface area contributed by atoms with E-state index in [0.717, 1.165) is 25.2 Å². The van der Waals surface area contributed by atoms with Crippen molar-refractivity contribution < 1.29 is 4.79 Å². The molecule has 2 aromatic rings. The predicted octanol–water partition coefficient (Wildman–Crippen LogP) is 2.29. The summed E-state index contributed by atoms with van der Waals surface area (Å²) in [6.07, 6.45) is 0.973. The molecule has 0 bridgehead atoms. The maximum absolute atomic E-state index is 10.8. The summed E-state index contributed by atoms with van der Waals surface area (Å²) in [4.78, 5) is 13.0. The second-order valence-corrected chi connectivity index (χ2v) is 4.74. The number of carbonyl (C=O) groups excluding carboxylic acids is 1. The topological polar surface area (TPSA) is 32.3 Å². The Bertz CT molecular complexity index is 568. The third-order valence-electron chi connectivity index (χ3n) is 3.44. The van der Waals surface area contributed by atoms with Crippen molar-refractivity contribution in [1.29, 1.82) is 0 Å². The third kappa shape index (κ3) is 2.51. The molecule has 1 heterocycles. The molecule has 0 aliphatic carbocycles. The van der Waals surface area contributed by atoms with Crippen molar-refractivity contribution in [3.8, 4) is 11.1 Å². The Kier molecular flexibility index (Phi) is 3.29. The second kappa shape index (κ2) is 5.24. The predicted molar refractivity (Wildman–Crippen MR) is 77.1 cm³/mol. The smallest absolute Gasteiger partial charge is 0.138 e. The SMILES string of the molecule is O=CC1CN(c2cccc(-c3ccccc3)c2)CN1. The molecular formula is C16H16N2O. The summed E-state index contributed by atoms with van der Waals surface area (Å²) in [6, 6.07) is 18.7. The Morgan fingerprint density at radius 1 is 1.05 bits per heavy atom. The largest absolute Gasteiger partial charge is 0.357 e. The van der Waals surface area contributed by atoms with Gasteiger partial charge in [0.05, 0.1) is 12.7 Å². The van der Waals surface area contributed by atoms with Gasteiger partial charge in [0.1, 0.15) is 6.29 Å². The summed E-state index contributed by atoms with van der Waals surface area (Å²) in [7, 11) is 0. The van der Waals surface area contributed by atoms with Crippen LogP contribution in [0, 0.1) is 0 Å². The van der Waals surface area contributed by atoms with E-state index in [0.29, 0.717) is 0 Å². The summed E-state index contributed by atoms with van der Waals surface area (Å²) >= 11 is 0. The molecule has 0 aromatic heterocycles. The van der Waals surface area contributed by atoms with E-state index in [9.17, 15) is 4.79 Å². The summed E-state index contributed by atoms with van der Waals surface area (Å²) in [5.41, 5.74) is 3.56. The van der Waals surface area contributed by atoms with Crippen LogP contribution in [0.2, 0.25) is 0 Å². The molecule has 1 atom stereocenters. The Morgan fingerprint density at radius 2 is 1.84 bits per heavy atom. The van der Waals surface area contributed by atoms with E-state index in [1.165, 1.54) is 11.1 Å². The lowest BCUT2D eigenvalue weighted by Gasteiger charge is -2.17. The van der Waals surface area contributed by atoms with Gasteiger partial charge in [-0.05, 0) is 23.3 Å². The van der Waals surface area contributed by atoms with Crippen LogP contribution in [0.4, 0.5) is 5.69 Å².